The van der Waals surface area contributed by atoms with Crippen LogP contribution in [-0.4, -0.2) is 24.2 Å². The minimum absolute atomic E-state index is 0.720. The number of nitrogens with zero attached hydrogens (tertiary/aromatic N) is 2. The monoisotopic (exact) mass is 166 g/mol. The van der Waals surface area contributed by atoms with E-state index in [-0.39, 0.29) is 0 Å². The summed E-state index contributed by atoms with van der Waals surface area (Å²) in [7, 11) is 3.53. The van der Waals surface area contributed by atoms with Crippen molar-refractivity contribution in [3.05, 3.63) is 29.6 Å². The van der Waals surface area contributed by atoms with Gasteiger partial charge in [-0.15, -0.1) is 0 Å². The molecule has 0 atom stereocenters. The summed E-state index contributed by atoms with van der Waals surface area (Å²) in [6.07, 6.45) is 1.81. The molecule has 0 saturated heterocycles. The Bertz CT molecular complexity index is 250. The average Bonchev–Trinajstić information content (AvgIpc) is 2.04. The van der Waals surface area contributed by atoms with Crippen molar-refractivity contribution in [3.8, 4) is 0 Å². The Hall–Kier alpha value is -0.930. The first-order valence-corrected chi connectivity index (χ1v) is 3.89. The molecule has 1 aromatic heterocycles. The Morgan fingerprint density at radius 1 is 1.58 bits per heavy atom. The average molecular weight is 166 g/mol. The van der Waals surface area contributed by atoms with Gasteiger partial charge in [0.2, 0.25) is 0 Å². The lowest BCUT2D eigenvalue weighted by Crippen LogP contribution is -2.16. The van der Waals surface area contributed by atoms with Gasteiger partial charge in [0, 0.05) is 13.2 Å². The number of hydroxylamine groups is 2. The third-order valence-corrected chi connectivity index (χ3v) is 1.67. The van der Waals surface area contributed by atoms with E-state index < -0.39 is 0 Å². The molecule has 0 aliphatic carbocycles. The van der Waals surface area contributed by atoms with Crippen LogP contribution in [0.15, 0.2) is 18.3 Å². The first-order chi connectivity index (χ1) is 5.72. The summed E-state index contributed by atoms with van der Waals surface area (Å²) >= 11 is 0. The van der Waals surface area contributed by atoms with Crippen molar-refractivity contribution in [2.75, 3.05) is 14.2 Å². The van der Waals surface area contributed by atoms with E-state index in [2.05, 4.69) is 18.0 Å². The van der Waals surface area contributed by atoms with Crippen molar-refractivity contribution in [2.24, 2.45) is 0 Å². The topological polar surface area (TPSA) is 25.4 Å². The van der Waals surface area contributed by atoms with Gasteiger partial charge in [0.15, 0.2) is 0 Å². The highest BCUT2D eigenvalue weighted by Crippen LogP contribution is 2.02. The molecular weight excluding hydrogens is 152 g/mol. The lowest BCUT2D eigenvalue weighted by Gasteiger charge is -2.12. The van der Waals surface area contributed by atoms with E-state index >= 15 is 0 Å². The number of pyridine rings is 1. The van der Waals surface area contributed by atoms with Crippen molar-refractivity contribution in [3.63, 3.8) is 0 Å². The fourth-order valence-corrected chi connectivity index (χ4v) is 0.978. The van der Waals surface area contributed by atoms with Crippen LogP contribution in [-0.2, 0) is 11.4 Å². The minimum atomic E-state index is 0.720. The van der Waals surface area contributed by atoms with Crippen LogP contribution < -0.4 is 0 Å². The van der Waals surface area contributed by atoms with Crippen LogP contribution in [0.5, 0.6) is 0 Å². The molecule has 3 nitrogen and oxygen atoms in total. The highest BCUT2D eigenvalue weighted by molar-refractivity contribution is 5.13. The predicted octanol–water partition coefficient (Wildman–Crippen LogP) is 1.38. The Kier molecular flexibility index (Phi) is 3.19. The first kappa shape index (κ1) is 9.16. The van der Waals surface area contributed by atoms with Crippen LogP contribution in [0.3, 0.4) is 0 Å². The summed E-state index contributed by atoms with van der Waals surface area (Å²) in [6.45, 7) is 2.77. The van der Waals surface area contributed by atoms with Crippen molar-refractivity contribution < 1.29 is 4.84 Å². The van der Waals surface area contributed by atoms with Crippen molar-refractivity contribution in [2.45, 2.75) is 13.5 Å². The molecule has 0 N–H and O–H groups in total. The smallest absolute Gasteiger partial charge is 0.0661 e. The van der Waals surface area contributed by atoms with Gasteiger partial charge in [0.1, 0.15) is 0 Å². The molecule has 0 saturated carbocycles. The minimum Gasteiger partial charge on any atom is -0.302 e. The van der Waals surface area contributed by atoms with Gasteiger partial charge in [-0.2, -0.15) is 5.06 Å². The second kappa shape index (κ2) is 4.18. The van der Waals surface area contributed by atoms with E-state index in [1.807, 2.05) is 19.3 Å². The number of rotatable bonds is 3. The summed E-state index contributed by atoms with van der Waals surface area (Å²) in [5, 5.41) is 1.74. The molecule has 0 fully saturated rings. The SMILES string of the molecule is CON(C)Cc1cc(C)ccn1. The molecule has 0 aliphatic rings. The fourth-order valence-electron chi connectivity index (χ4n) is 0.978. The highest BCUT2D eigenvalue weighted by Gasteiger charge is 1.98. The standard InChI is InChI=1S/C9H14N2O/c1-8-4-5-10-9(6-8)7-11(2)12-3/h4-6H,7H2,1-3H3. The van der Waals surface area contributed by atoms with Crippen molar-refractivity contribution >= 4 is 0 Å². The zero-order valence-electron chi connectivity index (χ0n) is 7.74. The molecule has 1 rings (SSSR count). The van der Waals surface area contributed by atoms with Gasteiger partial charge >= 0.3 is 0 Å². The molecule has 0 spiro atoms. The molecule has 0 aliphatic heterocycles. The van der Waals surface area contributed by atoms with Gasteiger partial charge in [-0.05, 0) is 24.6 Å². The normalized spacial score (nSPS) is 10.7. The Balaban J connectivity index is 2.63. The lowest BCUT2D eigenvalue weighted by atomic mass is 10.2. The van der Waals surface area contributed by atoms with Crippen LogP contribution in [0.25, 0.3) is 0 Å². The highest BCUT2D eigenvalue weighted by atomic mass is 16.7. The second-order valence-electron chi connectivity index (χ2n) is 2.79. The summed E-state index contributed by atoms with van der Waals surface area (Å²) in [4.78, 5) is 9.19. The Morgan fingerprint density at radius 3 is 2.92 bits per heavy atom. The number of aryl methyl sites for hydroxylation is 1. The van der Waals surface area contributed by atoms with Gasteiger partial charge in [0.25, 0.3) is 0 Å². The largest absolute Gasteiger partial charge is 0.302 e. The van der Waals surface area contributed by atoms with E-state index in [1.165, 1.54) is 5.56 Å². The van der Waals surface area contributed by atoms with Crippen LogP contribution in [0.1, 0.15) is 11.3 Å². The van der Waals surface area contributed by atoms with Gasteiger partial charge in [-0.25, -0.2) is 0 Å². The molecule has 66 valence electrons. The maximum Gasteiger partial charge on any atom is 0.0661 e. The van der Waals surface area contributed by atoms with Gasteiger partial charge in [0.05, 0.1) is 19.3 Å². The fraction of sp³-hybridized carbons (Fsp3) is 0.444. The molecule has 0 bridgehead atoms. The zero-order valence-corrected chi connectivity index (χ0v) is 7.74. The molecule has 0 amide bonds. The second-order valence-corrected chi connectivity index (χ2v) is 2.79. The maximum absolute atomic E-state index is 4.99. The predicted molar refractivity (Wildman–Crippen MR) is 47.5 cm³/mol. The molecule has 0 unspecified atom stereocenters. The quantitative estimate of drug-likeness (QED) is 0.634. The Labute approximate surface area is 72.9 Å². The maximum atomic E-state index is 4.99. The number of hydrogen-bond donors (Lipinski definition) is 0. The molecule has 1 aromatic rings. The molecular formula is C9H14N2O. The molecule has 0 aromatic carbocycles. The third kappa shape index (κ3) is 2.60. The first-order valence-electron chi connectivity index (χ1n) is 3.89. The molecule has 0 radical (unpaired) electrons. The summed E-state index contributed by atoms with van der Waals surface area (Å²) < 4.78 is 0. The summed E-state index contributed by atoms with van der Waals surface area (Å²) in [6, 6.07) is 4.03. The Morgan fingerprint density at radius 2 is 2.33 bits per heavy atom. The third-order valence-electron chi connectivity index (χ3n) is 1.67. The van der Waals surface area contributed by atoms with Crippen LogP contribution >= 0.6 is 0 Å². The summed E-state index contributed by atoms with van der Waals surface area (Å²) in [5.41, 5.74) is 2.25. The van der Waals surface area contributed by atoms with E-state index in [9.17, 15) is 0 Å². The number of aromatic nitrogens is 1. The van der Waals surface area contributed by atoms with E-state index in [4.69, 9.17) is 4.84 Å². The van der Waals surface area contributed by atoms with E-state index in [0.29, 0.717) is 0 Å². The molecule has 1 heterocycles. The summed E-state index contributed by atoms with van der Waals surface area (Å²) in [5.74, 6) is 0. The van der Waals surface area contributed by atoms with Crippen LogP contribution in [0.2, 0.25) is 0 Å². The number of hydrogen-bond acceptors (Lipinski definition) is 3. The lowest BCUT2D eigenvalue weighted by molar-refractivity contribution is -0.117. The molecule has 12 heavy (non-hydrogen) atoms. The van der Waals surface area contributed by atoms with Gasteiger partial charge in [-0.3, -0.25) is 4.98 Å². The van der Waals surface area contributed by atoms with Crippen molar-refractivity contribution in [1.29, 1.82) is 0 Å². The zero-order chi connectivity index (χ0) is 8.97. The van der Waals surface area contributed by atoms with E-state index in [0.717, 1.165) is 12.2 Å². The van der Waals surface area contributed by atoms with E-state index in [1.54, 1.807) is 12.2 Å². The van der Waals surface area contributed by atoms with Crippen LogP contribution in [0, 0.1) is 6.92 Å². The molecule has 3 heteroatoms. The van der Waals surface area contributed by atoms with Crippen LogP contribution in [0.4, 0.5) is 0 Å². The van der Waals surface area contributed by atoms with Crippen molar-refractivity contribution in [1.82, 2.24) is 10.0 Å². The van der Waals surface area contributed by atoms with Gasteiger partial charge < -0.3 is 4.84 Å². The van der Waals surface area contributed by atoms with Gasteiger partial charge in [-0.1, -0.05) is 0 Å².